The minimum atomic E-state index is 0.348. The summed E-state index contributed by atoms with van der Waals surface area (Å²) in [7, 11) is 2.22. The van der Waals surface area contributed by atoms with Gasteiger partial charge in [-0.2, -0.15) is 0 Å². The van der Waals surface area contributed by atoms with Crippen molar-refractivity contribution in [2.45, 2.75) is 31.7 Å². The molecule has 2 heterocycles. The molecule has 0 N–H and O–H groups in total. The monoisotopic (exact) mass is 295 g/mol. The van der Waals surface area contributed by atoms with Crippen molar-refractivity contribution < 1.29 is 9.47 Å². The molecule has 0 aliphatic carbocycles. The summed E-state index contributed by atoms with van der Waals surface area (Å²) in [5.41, 5.74) is 4.20. The first-order valence-electron chi connectivity index (χ1n) is 8.00. The van der Waals surface area contributed by atoms with E-state index in [2.05, 4.69) is 48.3 Å². The third-order valence-electron chi connectivity index (χ3n) is 4.87. The van der Waals surface area contributed by atoms with E-state index in [9.17, 15) is 0 Å². The second-order valence-electron chi connectivity index (χ2n) is 6.16. The molecule has 0 fully saturated rings. The summed E-state index contributed by atoms with van der Waals surface area (Å²) in [4.78, 5) is 2.45. The largest absolute Gasteiger partial charge is 0.454 e. The van der Waals surface area contributed by atoms with Crippen molar-refractivity contribution >= 4 is 5.69 Å². The van der Waals surface area contributed by atoms with E-state index in [1.165, 1.54) is 36.1 Å². The van der Waals surface area contributed by atoms with Crippen molar-refractivity contribution in [1.29, 1.82) is 0 Å². The molecule has 0 aromatic heterocycles. The zero-order chi connectivity index (χ0) is 14.9. The summed E-state index contributed by atoms with van der Waals surface area (Å²) in [6.07, 6.45) is 4.67. The maximum atomic E-state index is 5.47. The highest BCUT2D eigenvalue weighted by molar-refractivity contribution is 5.55. The van der Waals surface area contributed by atoms with Crippen LogP contribution in [-0.4, -0.2) is 19.9 Å². The van der Waals surface area contributed by atoms with Crippen molar-refractivity contribution in [3.63, 3.8) is 0 Å². The van der Waals surface area contributed by atoms with Gasteiger partial charge < -0.3 is 14.4 Å². The second-order valence-corrected chi connectivity index (χ2v) is 6.16. The second kappa shape index (κ2) is 5.56. The Morgan fingerprint density at radius 2 is 1.95 bits per heavy atom. The van der Waals surface area contributed by atoms with Crippen LogP contribution in [0.1, 0.15) is 24.0 Å². The van der Waals surface area contributed by atoms with Crippen LogP contribution in [0.4, 0.5) is 5.69 Å². The van der Waals surface area contributed by atoms with Gasteiger partial charge in [-0.25, -0.2) is 0 Å². The number of rotatable bonds is 3. The van der Waals surface area contributed by atoms with Gasteiger partial charge in [0, 0.05) is 18.8 Å². The van der Waals surface area contributed by atoms with Crippen molar-refractivity contribution in [2.75, 3.05) is 18.7 Å². The number of anilines is 1. The number of benzene rings is 2. The van der Waals surface area contributed by atoms with Crippen LogP contribution in [0, 0.1) is 0 Å². The number of aryl methyl sites for hydroxylation is 2. The van der Waals surface area contributed by atoms with Gasteiger partial charge in [-0.05, 0) is 55.0 Å². The molecule has 2 aliphatic heterocycles. The average Bonchev–Trinajstić information content (AvgIpc) is 3.02. The van der Waals surface area contributed by atoms with E-state index in [0.29, 0.717) is 12.8 Å². The fourth-order valence-corrected chi connectivity index (χ4v) is 3.55. The Morgan fingerprint density at radius 3 is 2.91 bits per heavy atom. The molecule has 0 spiro atoms. The van der Waals surface area contributed by atoms with Gasteiger partial charge in [0.05, 0.1) is 0 Å². The molecule has 2 aromatic rings. The molecule has 1 atom stereocenters. The molecular weight excluding hydrogens is 274 g/mol. The number of hydrogen-bond donors (Lipinski definition) is 0. The minimum absolute atomic E-state index is 0.348. The summed E-state index contributed by atoms with van der Waals surface area (Å²) < 4.78 is 10.8. The molecule has 3 heteroatoms. The number of para-hydroxylation sites is 1. The van der Waals surface area contributed by atoms with E-state index < -0.39 is 0 Å². The molecule has 0 unspecified atom stereocenters. The minimum Gasteiger partial charge on any atom is -0.454 e. The van der Waals surface area contributed by atoms with Crippen LogP contribution in [-0.2, 0) is 12.8 Å². The van der Waals surface area contributed by atoms with E-state index in [0.717, 1.165) is 17.9 Å². The van der Waals surface area contributed by atoms with Crippen molar-refractivity contribution in [1.82, 2.24) is 0 Å². The van der Waals surface area contributed by atoms with E-state index >= 15 is 0 Å². The lowest BCUT2D eigenvalue weighted by atomic mass is 9.92. The lowest BCUT2D eigenvalue weighted by Crippen LogP contribution is -2.36. The van der Waals surface area contributed by atoms with Gasteiger partial charge in [0.1, 0.15) is 0 Å². The third-order valence-corrected chi connectivity index (χ3v) is 4.87. The lowest BCUT2D eigenvalue weighted by molar-refractivity contribution is 0.174. The molecule has 0 saturated heterocycles. The fraction of sp³-hybridized carbons (Fsp3) is 0.368. The standard InChI is InChI=1S/C19H21NO2/c1-20-16(10-8-15-4-2-3-5-17(15)20)9-6-14-7-11-18-19(12-14)22-13-21-18/h2-5,7,11-12,16H,6,8-10,13H2,1H3/t16-/m0/s1. The van der Waals surface area contributed by atoms with Crippen molar-refractivity contribution in [3.05, 3.63) is 53.6 Å². The van der Waals surface area contributed by atoms with Gasteiger partial charge in [0.15, 0.2) is 11.5 Å². The smallest absolute Gasteiger partial charge is 0.231 e. The van der Waals surface area contributed by atoms with Crippen LogP contribution in [0.15, 0.2) is 42.5 Å². The topological polar surface area (TPSA) is 21.7 Å². The quantitative estimate of drug-likeness (QED) is 0.859. The molecule has 114 valence electrons. The van der Waals surface area contributed by atoms with Gasteiger partial charge in [-0.15, -0.1) is 0 Å². The predicted octanol–water partition coefficient (Wildman–Crippen LogP) is 3.80. The number of ether oxygens (including phenoxy) is 2. The van der Waals surface area contributed by atoms with Gasteiger partial charge in [0.25, 0.3) is 0 Å². The molecule has 0 saturated carbocycles. The van der Waals surface area contributed by atoms with Crippen LogP contribution >= 0.6 is 0 Å². The van der Waals surface area contributed by atoms with Crippen LogP contribution in [0.3, 0.4) is 0 Å². The Kier molecular flexibility index (Phi) is 3.41. The molecule has 0 bridgehead atoms. The lowest BCUT2D eigenvalue weighted by Gasteiger charge is -2.36. The highest BCUT2D eigenvalue weighted by Gasteiger charge is 2.23. The molecule has 22 heavy (non-hydrogen) atoms. The molecule has 0 radical (unpaired) electrons. The maximum Gasteiger partial charge on any atom is 0.231 e. The number of nitrogens with zero attached hydrogens (tertiary/aromatic N) is 1. The molecular formula is C19H21NO2. The van der Waals surface area contributed by atoms with E-state index in [1.807, 2.05) is 6.07 Å². The maximum absolute atomic E-state index is 5.47. The third kappa shape index (κ3) is 2.41. The van der Waals surface area contributed by atoms with Gasteiger partial charge in [-0.3, -0.25) is 0 Å². The molecule has 2 aromatic carbocycles. The Hall–Kier alpha value is -2.16. The molecule has 0 amide bonds. The van der Waals surface area contributed by atoms with Gasteiger partial charge >= 0.3 is 0 Å². The summed E-state index contributed by atoms with van der Waals surface area (Å²) >= 11 is 0. The van der Waals surface area contributed by atoms with E-state index in [4.69, 9.17) is 9.47 Å². The zero-order valence-corrected chi connectivity index (χ0v) is 12.9. The fourth-order valence-electron chi connectivity index (χ4n) is 3.55. The summed E-state index contributed by atoms with van der Waals surface area (Å²) in [5, 5.41) is 0. The molecule has 3 nitrogen and oxygen atoms in total. The SMILES string of the molecule is CN1c2ccccc2CC[C@@H]1CCc1ccc2c(c1)OCO2. The van der Waals surface area contributed by atoms with Crippen LogP contribution in [0.25, 0.3) is 0 Å². The van der Waals surface area contributed by atoms with Crippen LogP contribution < -0.4 is 14.4 Å². The zero-order valence-electron chi connectivity index (χ0n) is 12.9. The van der Waals surface area contributed by atoms with Crippen molar-refractivity contribution in [2.24, 2.45) is 0 Å². The van der Waals surface area contributed by atoms with E-state index in [1.54, 1.807) is 0 Å². The van der Waals surface area contributed by atoms with E-state index in [-0.39, 0.29) is 0 Å². The Morgan fingerprint density at radius 1 is 1.09 bits per heavy atom. The van der Waals surface area contributed by atoms with Crippen molar-refractivity contribution in [3.8, 4) is 11.5 Å². The summed E-state index contributed by atoms with van der Waals surface area (Å²) in [5.74, 6) is 1.76. The summed E-state index contributed by atoms with van der Waals surface area (Å²) in [6.45, 7) is 0.348. The van der Waals surface area contributed by atoms with Gasteiger partial charge in [-0.1, -0.05) is 24.3 Å². The van der Waals surface area contributed by atoms with Crippen LogP contribution in [0.2, 0.25) is 0 Å². The highest BCUT2D eigenvalue weighted by Crippen LogP contribution is 2.34. The first-order valence-corrected chi connectivity index (χ1v) is 8.00. The summed E-state index contributed by atoms with van der Waals surface area (Å²) in [6, 6.07) is 15.7. The molecule has 4 rings (SSSR count). The highest BCUT2D eigenvalue weighted by atomic mass is 16.7. The first-order chi connectivity index (χ1) is 10.8. The molecule has 2 aliphatic rings. The average molecular weight is 295 g/mol. The Labute approximate surface area is 131 Å². The van der Waals surface area contributed by atoms with Gasteiger partial charge in [0.2, 0.25) is 6.79 Å². The Balaban J connectivity index is 1.44. The normalized spacial score (nSPS) is 19.1. The first kappa shape index (κ1) is 13.5. The van der Waals surface area contributed by atoms with Crippen LogP contribution in [0.5, 0.6) is 11.5 Å². The predicted molar refractivity (Wildman–Crippen MR) is 87.8 cm³/mol. The number of fused-ring (bicyclic) bond motifs is 2. The Bertz CT molecular complexity index is 683. The number of hydrogen-bond acceptors (Lipinski definition) is 3.